The Morgan fingerprint density at radius 2 is 1.22 bits per heavy atom. The van der Waals surface area contributed by atoms with Gasteiger partial charge in [-0.15, -0.1) is 0 Å². The third kappa shape index (κ3) is 0.551. The van der Waals surface area contributed by atoms with Crippen molar-refractivity contribution in [2.75, 3.05) is 7.05 Å². The second kappa shape index (κ2) is 2.33. The number of carbonyl (C=O) groups is 2. The first-order valence-electron chi connectivity index (χ1n) is 6.15. The Balaban J connectivity index is 1.92. The fourth-order valence-corrected chi connectivity index (χ4v) is 4.69. The van der Waals surface area contributed by atoms with Crippen molar-refractivity contribution in [3.63, 3.8) is 0 Å². The van der Waals surface area contributed by atoms with Gasteiger partial charge in [-0.2, -0.15) is 0 Å². The van der Waals surface area contributed by atoms with Gasteiger partial charge < -0.3 is 9.47 Å². The van der Waals surface area contributed by atoms with E-state index < -0.39 is 10.8 Å². The molecule has 0 aromatic heterocycles. The average molecular weight is 245 g/mol. The van der Waals surface area contributed by atoms with Crippen molar-refractivity contribution in [2.24, 2.45) is 10.8 Å². The average Bonchev–Trinajstić information content (AvgIpc) is 3.11. The summed E-state index contributed by atoms with van der Waals surface area (Å²) in [5.41, 5.74) is -1.70. The minimum atomic E-state index is -0.850. The summed E-state index contributed by atoms with van der Waals surface area (Å²) in [6, 6.07) is 0. The van der Waals surface area contributed by atoms with Crippen LogP contribution in [-0.4, -0.2) is 48.2 Å². The lowest BCUT2D eigenvalue weighted by Gasteiger charge is -2.37. The molecule has 2 amide bonds. The number of imide groups is 1. The van der Waals surface area contributed by atoms with E-state index in [9.17, 15) is 9.59 Å². The summed E-state index contributed by atoms with van der Waals surface area (Å²) in [6.45, 7) is 0. The fourth-order valence-electron chi connectivity index (χ4n) is 4.69. The summed E-state index contributed by atoms with van der Waals surface area (Å²) in [4.78, 5) is 26.6. The quantitative estimate of drug-likeness (QED) is 0.432. The molecule has 3 fully saturated rings. The van der Waals surface area contributed by atoms with Crippen LogP contribution < -0.4 is 0 Å². The molecule has 5 nitrogen and oxygen atoms in total. The van der Waals surface area contributed by atoms with E-state index in [-0.39, 0.29) is 36.2 Å². The summed E-state index contributed by atoms with van der Waals surface area (Å²) in [5, 5.41) is 0. The van der Waals surface area contributed by atoms with E-state index in [1.807, 2.05) is 24.3 Å². The van der Waals surface area contributed by atoms with Crippen molar-refractivity contribution in [3.8, 4) is 0 Å². The predicted octanol–water partition coefficient (Wildman–Crippen LogP) is -0.368. The Morgan fingerprint density at radius 1 is 0.889 bits per heavy atom. The molecule has 0 saturated carbocycles. The number of hydrogen-bond acceptors (Lipinski definition) is 4. The number of carbonyl (C=O) groups excluding carboxylic acids is 2. The standard InChI is InChI=1S/C13H11NO4/c1-14-10(15)12-6-2-3-7(17-6)13(12,11(14)16)9-5-4-8(12)18-9/h2-9H,1H3/t6-,7+,8+,9-,12?,13?. The van der Waals surface area contributed by atoms with E-state index in [4.69, 9.17) is 9.47 Å². The third-order valence-electron chi connectivity index (χ3n) is 5.30. The van der Waals surface area contributed by atoms with Gasteiger partial charge in [-0.1, -0.05) is 24.3 Å². The third-order valence-corrected chi connectivity index (χ3v) is 5.30. The van der Waals surface area contributed by atoms with Gasteiger partial charge in [0.15, 0.2) is 0 Å². The van der Waals surface area contributed by atoms with Crippen molar-refractivity contribution < 1.29 is 19.1 Å². The lowest BCUT2D eigenvalue weighted by atomic mass is 9.54. The first-order chi connectivity index (χ1) is 8.65. The number of rotatable bonds is 0. The summed E-state index contributed by atoms with van der Waals surface area (Å²) >= 11 is 0. The monoisotopic (exact) mass is 245 g/mol. The van der Waals surface area contributed by atoms with Gasteiger partial charge in [0.2, 0.25) is 11.8 Å². The van der Waals surface area contributed by atoms with Crippen LogP contribution in [0.4, 0.5) is 0 Å². The SMILES string of the molecule is CN1C(=O)C23[C@@H]4C=C[C@@H](O4)C2(C1=O)[C@@H]1C=C[C@H]3O1. The highest BCUT2D eigenvalue weighted by atomic mass is 16.6. The Kier molecular flexibility index (Phi) is 1.23. The molecule has 18 heavy (non-hydrogen) atoms. The first-order valence-corrected chi connectivity index (χ1v) is 6.15. The van der Waals surface area contributed by atoms with Crippen LogP contribution >= 0.6 is 0 Å². The topological polar surface area (TPSA) is 55.8 Å². The van der Waals surface area contributed by atoms with Crippen LogP contribution in [0.5, 0.6) is 0 Å². The van der Waals surface area contributed by atoms with Crippen LogP contribution in [0.2, 0.25) is 0 Å². The van der Waals surface area contributed by atoms with Crippen LogP contribution in [0.1, 0.15) is 0 Å². The van der Waals surface area contributed by atoms with Gasteiger partial charge in [0.25, 0.3) is 0 Å². The number of ether oxygens (including phenoxy) is 2. The lowest BCUT2D eigenvalue weighted by Crippen LogP contribution is -2.56. The smallest absolute Gasteiger partial charge is 0.242 e. The zero-order valence-corrected chi connectivity index (χ0v) is 9.70. The zero-order valence-electron chi connectivity index (χ0n) is 9.70. The summed E-state index contributed by atoms with van der Waals surface area (Å²) in [5.74, 6) is -0.303. The van der Waals surface area contributed by atoms with E-state index in [0.29, 0.717) is 0 Å². The number of amides is 2. The van der Waals surface area contributed by atoms with E-state index in [2.05, 4.69) is 0 Å². The van der Waals surface area contributed by atoms with Crippen LogP contribution in [0, 0.1) is 10.8 Å². The Hall–Kier alpha value is -1.46. The summed E-state index contributed by atoms with van der Waals surface area (Å²) in [6.07, 6.45) is 6.31. The molecule has 5 heterocycles. The number of likely N-dealkylation sites (tertiary alicyclic amines) is 1. The Morgan fingerprint density at radius 3 is 1.56 bits per heavy atom. The second-order valence-corrected chi connectivity index (χ2v) is 5.63. The molecule has 6 atom stereocenters. The van der Waals surface area contributed by atoms with Crippen molar-refractivity contribution in [1.82, 2.24) is 4.90 Å². The highest BCUT2D eigenvalue weighted by molar-refractivity contribution is 6.13. The van der Waals surface area contributed by atoms with Crippen LogP contribution in [0.25, 0.3) is 0 Å². The molecule has 0 N–H and O–H groups in total. The van der Waals surface area contributed by atoms with Crippen molar-refractivity contribution >= 4 is 11.8 Å². The van der Waals surface area contributed by atoms with Crippen LogP contribution in [0.3, 0.4) is 0 Å². The molecule has 2 unspecified atom stereocenters. The predicted molar refractivity (Wildman–Crippen MR) is 58.2 cm³/mol. The fraction of sp³-hybridized carbons (Fsp3) is 0.538. The number of fused-ring (bicyclic) bond motifs is 4. The molecular formula is C13H11NO4. The molecule has 5 aliphatic rings. The van der Waals surface area contributed by atoms with E-state index in [1.165, 1.54) is 4.90 Å². The van der Waals surface area contributed by atoms with Gasteiger partial charge in [-0.05, 0) is 0 Å². The molecule has 0 aromatic carbocycles. The summed E-state index contributed by atoms with van der Waals surface area (Å²) in [7, 11) is 1.57. The summed E-state index contributed by atoms with van der Waals surface area (Å²) < 4.78 is 11.7. The van der Waals surface area contributed by atoms with Crippen LogP contribution in [0.15, 0.2) is 24.3 Å². The highest BCUT2D eigenvalue weighted by Gasteiger charge is 2.88. The molecule has 5 aliphatic heterocycles. The second-order valence-electron chi connectivity index (χ2n) is 5.63. The molecule has 0 radical (unpaired) electrons. The van der Waals surface area contributed by atoms with Gasteiger partial charge in [-0.3, -0.25) is 14.5 Å². The maximum absolute atomic E-state index is 12.7. The van der Waals surface area contributed by atoms with E-state index in [1.54, 1.807) is 7.05 Å². The molecular weight excluding hydrogens is 234 g/mol. The molecule has 0 aliphatic carbocycles. The number of hydrogen-bond donors (Lipinski definition) is 0. The van der Waals surface area contributed by atoms with Gasteiger partial charge in [0, 0.05) is 7.05 Å². The van der Waals surface area contributed by atoms with Crippen molar-refractivity contribution in [1.29, 1.82) is 0 Å². The highest BCUT2D eigenvalue weighted by Crippen LogP contribution is 2.71. The molecule has 0 spiro atoms. The molecule has 5 rings (SSSR count). The minimum absolute atomic E-state index is 0.152. The maximum Gasteiger partial charge on any atom is 0.242 e. The van der Waals surface area contributed by atoms with Gasteiger partial charge in [-0.25, -0.2) is 0 Å². The largest absolute Gasteiger partial charge is 0.364 e. The van der Waals surface area contributed by atoms with Gasteiger partial charge in [0.05, 0.1) is 24.4 Å². The van der Waals surface area contributed by atoms with Crippen molar-refractivity contribution in [3.05, 3.63) is 24.3 Å². The molecule has 3 saturated heterocycles. The van der Waals surface area contributed by atoms with Crippen LogP contribution in [-0.2, 0) is 19.1 Å². The Bertz CT molecular complexity index is 504. The van der Waals surface area contributed by atoms with Gasteiger partial charge >= 0.3 is 0 Å². The normalized spacial score (nSPS) is 57.9. The first kappa shape index (κ1) is 9.47. The van der Waals surface area contributed by atoms with Crippen molar-refractivity contribution in [2.45, 2.75) is 24.4 Å². The molecule has 4 bridgehead atoms. The number of nitrogens with zero attached hydrogens (tertiary/aromatic N) is 1. The maximum atomic E-state index is 12.7. The Labute approximate surface area is 103 Å². The molecule has 92 valence electrons. The lowest BCUT2D eigenvalue weighted by molar-refractivity contribution is -0.149. The van der Waals surface area contributed by atoms with E-state index >= 15 is 0 Å². The minimum Gasteiger partial charge on any atom is -0.364 e. The molecule has 5 heteroatoms. The van der Waals surface area contributed by atoms with Gasteiger partial charge in [0.1, 0.15) is 10.8 Å². The van der Waals surface area contributed by atoms with E-state index in [0.717, 1.165) is 0 Å². The molecule has 0 aromatic rings. The zero-order chi connectivity index (χ0) is 12.3.